The number of piperidine rings is 1. The fraction of sp³-hybridized carbons (Fsp3) is 0.650. The lowest BCUT2D eigenvalue weighted by atomic mass is 10.1. The molecule has 0 aromatic heterocycles. The van der Waals surface area contributed by atoms with Crippen molar-refractivity contribution in [3.63, 3.8) is 0 Å². The largest absolute Gasteiger partial charge is 0.490 e. The summed E-state index contributed by atoms with van der Waals surface area (Å²) in [5.41, 5.74) is 0. The van der Waals surface area contributed by atoms with E-state index in [1.54, 1.807) is 18.2 Å². The highest BCUT2D eigenvalue weighted by molar-refractivity contribution is 7.89. The number of amides is 1. The molecule has 3 heterocycles. The summed E-state index contributed by atoms with van der Waals surface area (Å²) in [4.78, 5) is 15.8. The Balaban J connectivity index is 1.36. The molecular weight excluding hydrogens is 394 g/mol. The number of benzene rings is 1. The van der Waals surface area contributed by atoms with Gasteiger partial charge in [-0.05, 0) is 31.4 Å². The van der Waals surface area contributed by atoms with Crippen molar-refractivity contribution in [3.05, 3.63) is 18.2 Å². The smallest absolute Gasteiger partial charge is 0.277 e. The zero-order valence-electron chi connectivity index (χ0n) is 16.8. The summed E-state index contributed by atoms with van der Waals surface area (Å²) in [6.07, 6.45) is 4.15. The Morgan fingerprint density at radius 1 is 0.931 bits per heavy atom. The van der Waals surface area contributed by atoms with Gasteiger partial charge in [0, 0.05) is 25.6 Å². The first-order valence-corrected chi connectivity index (χ1v) is 12.0. The van der Waals surface area contributed by atoms with Crippen molar-refractivity contribution >= 4 is 15.9 Å². The second kappa shape index (κ2) is 8.89. The Morgan fingerprint density at radius 2 is 1.62 bits per heavy atom. The third kappa shape index (κ3) is 4.67. The molecule has 0 bridgehead atoms. The molecule has 3 aliphatic rings. The van der Waals surface area contributed by atoms with Crippen LogP contribution in [0.1, 0.15) is 25.7 Å². The van der Waals surface area contributed by atoms with Crippen LogP contribution < -0.4 is 14.4 Å². The van der Waals surface area contributed by atoms with Crippen molar-refractivity contribution in [1.29, 1.82) is 0 Å². The molecule has 0 aliphatic carbocycles. The van der Waals surface area contributed by atoms with E-state index in [0.29, 0.717) is 57.4 Å². The third-order valence-electron chi connectivity index (χ3n) is 5.90. The number of rotatable bonds is 4. The van der Waals surface area contributed by atoms with E-state index in [4.69, 9.17) is 9.47 Å². The third-order valence-corrected chi connectivity index (χ3v) is 7.79. The molecule has 1 amide bonds. The Kier molecular flexibility index (Phi) is 6.26. The molecule has 2 saturated heterocycles. The van der Waals surface area contributed by atoms with Crippen LogP contribution in [-0.2, 0) is 14.8 Å². The zero-order valence-corrected chi connectivity index (χ0v) is 17.6. The molecule has 8 nitrogen and oxygen atoms in total. The van der Waals surface area contributed by atoms with Crippen LogP contribution in [0.2, 0.25) is 0 Å². The van der Waals surface area contributed by atoms with Gasteiger partial charge in [-0.2, -0.15) is 4.31 Å². The molecule has 2 fully saturated rings. The van der Waals surface area contributed by atoms with Crippen LogP contribution >= 0.6 is 0 Å². The summed E-state index contributed by atoms with van der Waals surface area (Å²) in [7, 11) is -3.59. The predicted molar refractivity (Wildman–Crippen MR) is 107 cm³/mol. The molecule has 0 radical (unpaired) electrons. The van der Waals surface area contributed by atoms with Gasteiger partial charge in [0.15, 0.2) is 18.0 Å². The summed E-state index contributed by atoms with van der Waals surface area (Å²) in [6, 6.07) is 4.82. The SMILES string of the molecule is O=C(C[NH+]1CCN(S(=O)(=O)c2ccc3c(c2)OCCCO3)CC1)N1CCCCC1. The number of sulfonamides is 1. The minimum Gasteiger partial charge on any atom is -0.490 e. The summed E-state index contributed by atoms with van der Waals surface area (Å²) in [6.45, 7) is 5.38. The second-order valence-electron chi connectivity index (χ2n) is 7.93. The maximum Gasteiger partial charge on any atom is 0.277 e. The molecule has 0 spiro atoms. The van der Waals surface area contributed by atoms with E-state index in [1.165, 1.54) is 10.7 Å². The molecule has 29 heavy (non-hydrogen) atoms. The van der Waals surface area contributed by atoms with Gasteiger partial charge in [-0.3, -0.25) is 4.79 Å². The van der Waals surface area contributed by atoms with Crippen molar-refractivity contribution in [3.8, 4) is 11.5 Å². The van der Waals surface area contributed by atoms with Crippen LogP contribution in [0, 0.1) is 0 Å². The molecule has 3 aliphatic heterocycles. The van der Waals surface area contributed by atoms with E-state index in [9.17, 15) is 13.2 Å². The van der Waals surface area contributed by atoms with Crippen LogP contribution in [0.5, 0.6) is 11.5 Å². The lowest BCUT2D eigenvalue weighted by molar-refractivity contribution is -0.896. The lowest BCUT2D eigenvalue weighted by Crippen LogP contribution is -3.15. The van der Waals surface area contributed by atoms with Gasteiger partial charge in [-0.25, -0.2) is 8.42 Å². The van der Waals surface area contributed by atoms with Crippen molar-refractivity contribution in [2.24, 2.45) is 0 Å². The zero-order chi connectivity index (χ0) is 20.3. The molecule has 4 rings (SSSR count). The van der Waals surface area contributed by atoms with Gasteiger partial charge in [0.25, 0.3) is 5.91 Å². The van der Waals surface area contributed by atoms with Crippen LogP contribution in [0.4, 0.5) is 0 Å². The van der Waals surface area contributed by atoms with Crippen LogP contribution in [0.15, 0.2) is 23.1 Å². The lowest BCUT2D eigenvalue weighted by Gasteiger charge is -2.33. The molecule has 0 atom stereocenters. The van der Waals surface area contributed by atoms with Crippen LogP contribution in [0.3, 0.4) is 0 Å². The van der Waals surface area contributed by atoms with Crippen molar-refractivity contribution in [2.75, 3.05) is 59.0 Å². The molecule has 1 aromatic rings. The van der Waals surface area contributed by atoms with Gasteiger partial charge in [0.05, 0.1) is 44.3 Å². The molecule has 9 heteroatoms. The van der Waals surface area contributed by atoms with Gasteiger partial charge in [0.2, 0.25) is 10.0 Å². The summed E-state index contributed by atoms with van der Waals surface area (Å²) in [5, 5.41) is 0. The molecule has 0 saturated carbocycles. The Hall–Kier alpha value is -1.84. The molecular formula is C20H30N3O5S+. The number of likely N-dealkylation sites (tertiary alicyclic amines) is 1. The minimum atomic E-state index is -3.59. The predicted octanol–water partition coefficient (Wildman–Crippen LogP) is -0.250. The number of hydrogen-bond donors (Lipinski definition) is 1. The summed E-state index contributed by atoms with van der Waals surface area (Å²) >= 11 is 0. The first kappa shape index (κ1) is 20.4. The number of carbonyl (C=O) groups is 1. The normalized spacial score (nSPS) is 21.6. The number of fused-ring (bicyclic) bond motifs is 1. The Bertz CT molecular complexity index is 831. The highest BCUT2D eigenvalue weighted by atomic mass is 32.2. The first-order valence-electron chi connectivity index (χ1n) is 10.6. The molecule has 160 valence electrons. The standard InChI is InChI=1S/C20H29N3O5S/c24-20(22-7-2-1-3-8-22)16-21-9-11-23(12-10-21)29(25,26)17-5-6-18-19(15-17)28-14-4-13-27-18/h5-6,15H,1-4,7-14,16H2/p+1. The average Bonchev–Trinajstić information content (AvgIpc) is 2.99. The fourth-order valence-electron chi connectivity index (χ4n) is 4.14. The highest BCUT2D eigenvalue weighted by Crippen LogP contribution is 2.32. The van der Waals surface area contributed by atoms with Gasteiger partial charge >= 0.3 is 0 Å². The number of ether oxygens (including phenoxy) is 2. The van der Waals surface area contributed by atoms with E-state index >= 15 is 0 Å². The van der Waals surface area contributed by atoms with E-state index in [2.05, 4.69) is 0 Å². The van der Waals surface area contributed by atoms with Gasteiger partial charge in [-0.15, -0.1) is 0 Å². The Morgan fingerprint density at radius 3 is 2.34 bits per heavy atom. The van der Waals surface area contributed by atoms with Gasteiger partial charge < -0.3 is 19.3 Å². The molecule has 1 N–H and O–H groups in total. The minimum absolute atomic E-state index is 0.193. The van der Waals surface area contributed by atoms with Crippen LogP contribution in [-0.4, -0.2) is 82.6 Å². The van der Waals surface area contributed by atoms with Crippen LogP contribution in [0.25, 0.3) is 0 Å². The van der Waals surface area contributed by atoms with Crippen molar-refractivity contribution < 1.29 is 27.6 Å². The molecule has 1 aromatic carbocycles. The van der Waals surface area contributed by atoms with E-state index in [-0.39, 0.29) is 10.8 Å². The summed E-state index contributed by atoms with van der Waals surface area (Å²) < 4.78 is 38.9. The van der Waals surface area contributed by atoms with E-state index in [0.717, 1.165) is 37.3 Å². The fourth-order valence-corrected chi connectivity index (χ4v) is 5.60. The number of carbonyl (C=O) groups excluding carboxylic acids is 1. The number of quaternary nitrogens is 1. The van der Waals surface area contributed by atoms with E-state index < -0.39 is 10.0 Å². The average molecular weight is 425 g/mol. The Labute approximate surface area is 172 Å². The topological polar surface area (TPSA) is 80.6 Å². The second-order valence-corrected chi connectivity index (χ2v) is 9.87. The maximum absolute atomic E-state index is 13.1. The number of nitrogens with one attached hydrogen (secondary N) is 1. The van der Waals surface area contributed by atoms with Crippen molar-refractivity contribution in [1.82, 2.24) is 9.21 Å². The maximum atomic E-state index is 13.1. The quantitative estimate of drug-likeness (QED) is 0.721. The monoisotopic (exact) mass is 424 g/mol. The highest BCUT2D eigenvalue weighted by Gasteiger charge is 2.32. The van der Waals surface area contributed by atoms with Gasteiger partial charge in [-0.1, -0.05) is 0 Å². The molecule has 0 unspecified atom stereocenters. The summed E-state index contributed by atoms with van der Waals surface area (Å²) in [5.74, 6) is 1.27. The number of piperazine rings is 1. The first-order chi connectivity index (χ1) is 14.0. The number of nitrogens with zero attached hydrogens (tertiary/aromatic N) is 2. The van der Waals surface area contributed by atoms with Crippen molar-refractivity contribution in [2.45, 2.75) is 30.6 Å². The number of hydrogen-bond acceptors (Lipinski definition) is 5. The van der Waals surface area contributed by atoms with Gasteiger partial charge in [0.1, 0.15) is 0 Å². The van der Waals surface area contributed by atoms with E-state index in [1.807, 2.05) is 4.90 Å².